The van der Waals surface area contributed by atoms with Crippen molar-refractivity contribution in [3.8, 4) is 0 Å². The summed E-state index contributed by atoms with van der Waals surface area (Å²) in [7, 11) is 0. The van der Waals surface area contributed by atoms with E-state index in [-0.39, 0.29) is 5.60 Å². The Balaban J connectivity index is 1.83. The van der Waals surface area contributed by atoms with Gasteiger partial charge < -0.3 is 10.1 Å². The molecule has 112 valence electrons. The van der Waals surface area contributed by atoms with Crippen molar-refractivity contribution in [2.75, 3.05) is 13.2 Å². The molecule has 2 fully saturated rings. The summed E-state index contributed by atoms with van der Waals surface area (Å²) in [6.07, 6.45) is 13.4. The van der Waals surface area contributed by atoms with Gasteiger partial charge in [-0.3, -0.25) is 0 Å². The van der Waals surface area contributed by atoms with E-state index in [2.05, 4.69) is 19.2 Å². The van der Waals surface area contributed by atoms with E-state index >= 15 is 0 Å². The molecule has 1 atom stereocenters. The molecule has 2 rings (SSSR count). The average molecular weight is 267 g/mol. The van der Waals surface area contributed by atoms with Crippen LogP contribution in [-0.2, 0) is 4.74 Å². The third-order valence-corrected chi connectivity index (χ3v) is 4.76. The zero-order chi connectivity index (χ0) is 13.6. The zero-order valence-corrected chi connectivity index (χ0v) is 13.0. The lowest BCUT2D eigenvalue weighted by molar-refractivity contribution is -0.0684. The lowest BCUT2D eigenvalue weighted by Gasteiger charge is -2.34. The van der Waals surface area contributed by atoms with Crippen molar-refractivity contribution < 1.29 is 4.74 Å². The number of hydrogen-bond donors (Lipinski definition) is 1. The summed E-state index contributed by atoms with van der Waals surface area (Å²) < 4.78 is 6.48. The Kier molecular flexibility index (Phi) is 6.15. The zero-order valence-electron chi connectivity index (χ0n) is 13.0. The lowest BCUT2D eigenvalue weighted by Crippen LogP contribution is -2.44. The van der Waals surface area contributed by atoms with Crippen LogP contribution in [0.2, 0.25) is 0 Å². The van der Waals surface area contributed by atoms with Crippen LogP contribution in [0.25, 0.3) is 0 Å². The molecule has 1 N–H and O–H groups in total. The fourth-order valence-electron chi connectivity index (χ4n) is 3.26. The number of rotatable bonds is 8. The number of nitrogens with one attached hydrogen (secondary N) is 1. The van der Waals surface area contributed by atoms with Gasteiger partial charge in [-0.25, -0.2) is 0 Å². The molecule has 0 amide bonds. The molecule has 2 nitrogen and oxygen atoms in total. The topological polar surface area (TPSA) is 21.3 Å². The second-order valence-electron chi connectivity index (χ2n) is 6.96. The van der Waals surface area contributed by atoms with Crippen LogP contribution in [0.3, 0.4) is 0 Å². The van der Waals surface area contributed by atoms with Crippen molar-refractivity contribution in [3.63, 3.8) is 0 Å². The summed E-state index contributed by atoms with van der Waals surface area (Å²) in [6.45, 7) is 6.66. The summed E-state index contributed by atoms with van der Waals surface area (Å²) in [4.78, 5) is 0. The Hall–Kier alpha value is -0.0800. The highest BCUT2D eigenvalue weighted by Gasteiger charge is 2.34. The van der Waals surface area contributed by atoms with Crippen LogP contribution < -0.4 is 5.32 Å². The fourth-order valence-corrected chi connectivity index (χ4v) is 3.26. The van der Waals surface area contributed by atoms with Crippen LogP contribution in [-0.4, -0.2) is 24.8 Å². The van der Waals surface area contributed by atoms with Crippen LogP contribution in [0.1, 0.15) is 78.1 Å². The van der Waals surface area contributed by atoms with Gasteiger partial charge in [0, 0.05) is 19.2 Å². The molecule has 2 aliphatic carbocycles. The van der Waals surface area contributed by atoms with Gasteiger partial charge in [-0.05, 0) is 38.0 Å². The van der Waals surface area contributed by atoms with Gasteiger partial charge in [0.25, 0.3) is 0 Å². The molecular weight excluding hydrogens is 234 g/mol. The monoisotopic (exact) mass is 267 g/mol. The normalized spacial score (nSPS) is 24.9. The molecule has 0 bridgehead atoms. The Labute approximate surface area is 119 Å². The van der Waals surface area contributed by atoms with E-state index in [1.54, 1.807) is 0 Å². The van der Waals surface area contributed by atoms with Crippen molar-refractivity contribution in [2.45, 2.75) is 89.7 Å². The number of ether oxygens (including phenoxy) is 1. The summed E-state index contributed by atoms with van der Waals surface area (Å²) in [6, 6.07) is 0.803. The quantitative estimate of drug-likeness (QED) is 0.663. The van der Waals surface area contributed by atoms with Crippen LogP contribution in [0.5, 0.6) is 0 Å². The standard InChI is InChI=1S/C17H33NO/c1-3-8-15(2)13-19-17(14-18-16-9-10-16)11-6-4-5-7-12-17/h15-16,18H,3-14H2,1-2H3. The first kappa shape index (κ1) is 15.3. The summed E-state index contributed by atoms with van der Waals surface area (Å²) in [5.41, 5.74) is 0.154. The molecule has 0 aromatic carbocycles. The lowest BCUT2D eigenvalue weighted by atomic mass is 9.93. The molecule has 0 saturated heterocycles. The second-order valence-corrected chi connectivity index (χ2v) is 6.96. The largest absolute Gasteiger partial charge is 0.373 e. The van der Waals surface area contributed by atoms with E-state index in [4.69, 9.17) is 4.74 Å². The maximum absolute atomic E-state index is 6.48. The van der Waals surface area contributed by atoms with Gasteiger partial charge in [0.05, 0.1) is 5.60 Å². The molecule has 0 heterocycles. The van der Waals surface area contributed by atoms with Crippen molar-refractivity contribution in [1.29, 1.82) is 0 Å². The second kappa shape index (κ2) is 7.64. The minimum Gasteiger partial charge on any atom is -0.373 e. The Morgan fingerprint density at radius 3 is 2.42 bits per heavy atom. The highest BCUT2D eigenvalue weighted by Crippen LogP contribution is 2.32. The van der Waals surface area contributed by atoms with Crippen molar-refractivity contribution in [2.24, 2.45) is 5.92 Å². The molecule has 0 radical (unpaired) electrons. The maximum atomic E-state index is 6.48. The van der Waals surface area contributed by atoms with Gasteiger partial charge in [0.1, 0.15) is 0 Å². The van der Waals surface area contributed by atoms with Gasteiger partial charge in [-0.2, -0.15) is 0 Å². The van der Waals surface area contributed by atoms with E-state index < -0.39 is 0 Å². The van der Waals surface area contributed by atoms with E-state index in [1.807, 2.05) is 0 Å². The van der Waals surface area contributed by atoms with Crippen LogP contribution in [0.15, 0.2) is 0 Å². The Morgan fingerprint density at radius 2 is 1.84 bits per heavy atom. The molecule has 19 heavy (non-hydrogen) atoms. The first-order chi connectivity index (χ1) is 9.24. The summed E-state index contributed by atoms with van der Waals surface area (Å²) >= 11 is 0. The van der Waals surface area contributed by atoms with Crippen LogP contribution in [0.4, 0.5) is 0 Å². The molecule has 0 aliphatic heterocycles. The van der Waals surface area contributed by atoms with Gasteiger partial charge in [0.2, 0.25) is 0 Å². The van der Waals surface area contributed by atoms with E-state index in [0.29, 0.717) is 5.92 Å². The highest BCUT2D eigenvalue weighted by molar-refractivity contribution is 4.90. The van der Waals surface area contributed by atoms with Gasteiger partial charge in [-0.1, -0.05) is 46.0 Å². The molecule has 0 aromatic rings. The third-order valence-electron chi connectivity index (χ3n) is 4.76. The van der Waals surface area contributed by atoms with Gasteiger partial charge in [-0.15, -0.1) is 0 Å². The third kappa shape index (κ3) is 5.43. The van der Waals surface area contributed by atoms with E-state index in [9.17, 15) is 0 Å². The summed E-state index contributed by atoms with van der Waals surface area (Å²) in [5, 5.41) is 3.73. The first-order valence-electron chi connectivity index (χ1n) is 8.61. The average Bonchev–Trinajstić information content (AvgIpc) is 3.22. The van der Waals surface area contributed by atoms with E-state index in [1.165, 1.54) is 64.2 Å². The predicted molar refractivity (Wildman–Crippen MR) is 81.5 cm³/mol. The van der Waals surface area contributed by atoms with Gasteiger partial charge in [0.15, 0.2) is 0 Å². The van der Waals surface area contributed by atoms with Crippen molar-refractivity contribution >= 4 is 0 Å². The summed E-state index contributed by atoms with van der Waals surface area (Å²) in [5.74, 6) is 0.714. The molecule has 2 saturated carbocycles. The Bertz CT molecular complexity index is 242. The predicted octanol–water partition coefficient (Wildman–Crippen LogP) is 4.28. The first-order valence-corrected chi connectivity index (χ1v) is 8.61. The maximum Gasteiger partial charge on any atom is 0.0806 e. The van der Waals surface area contributed by atoms with Crippen molar-refractivity contribution in [3.05, 3.63) is 0 Å². The Morgan fingerprint density at radius 1 is 1.16 bits per heavy atom. The molecular formula is C17H33NO. The van der Waals surface area contributed by atoms with E-state index in [0.717, 1.165) is 19.2 Å². The minimum atomic E-state index is 0.154. The van der Waals surface area contributed by atoms with Crippen LogP contribution in [0, 0.1) is 5.92 Å². The smallest absolute Gasteiger partial charge is 0.0806 e. The fraction of sp³-hybridized carbons (Fsp3) is 1.00. The molecule has 2 heteroatoms. The highest BCUT2D eigenvalue weighted by atomic mass is 16.5. The SMILES string of the molecule is CCCC(C)COC1(CNC2CC2)CCCCCC1. The number of hydrogen-bond acceptors (Lipinski definition) is 2. The minimum absolute atomic E-state index is 0.154. The van der Waals surface area contributed by atoms with Gasteiger partial charge >= 0.3 is 0 Å². The molecule has 0 spiro atoms. The molecule has 2 aliphatic rings. The molecule has 1 unspecified atom stereocenters. The van der Waals surface area contributed by atoms with Crippen molar-refractivity contribution in [1.82, 2.24) is 5.32 Å². The molecule has 0 aromatic heterocycles. The van der Waals surface area contributed by atoms with Crippen LogP contribution >= 0.6 is 0 Å².